The fourth-order valence-electron chi connectivity index (χ4n) is 3.63. The predicted molar refractivity (Wildman–Crippen MR) is 107 cm³/mol. The number of carbonyl (C=O) groups is 2. The molecule has 1 fully saturated rings. The molecule has 1 atom stereocenters. The summed E-state index contributed by atoms with van der Waals surface area (Å²) in [6.07, 6.45) is 2.12. The Hall–Kier alpha value is -3.37. The lowest BCUT2D eigenvalue weighted by atomic mass is 10.1. The minimum absolute atomic E-state index is 0.103. The maximum absolute atomic E-state index is 12.6. The molecule has 0 spiro atoms. The van der Waals surface area contributed by atoms with Gasteiger partial charge in [-0.05, 0) is 60.4 Å². The number of nitrogens with zero attached hydrogens (tertiary/aromatic N) is 2. The van der Waals surface area contributed by atoms with Crippen LogP contribution in [0.5, 0.6) is 0 Å². The van der Waals surface area contributed by atoms with Gasteiger partial charge in [0.15, 0.2) is 0 Å². The van der Waals surface area contributed by atoms with E-state index in [0.717, 1.165) is 30.6 Å². The zero-order chi connectivity index (χ0) is 20.2. The van der Waals surface area contributed by atoms with Crippen LogP contribution in [-0.4, -0.2) is 36.1 Å². The Bertz CT molecular complexity index is 959. The Morgan fingerprint density at radius 2 is 1.93 bits per heavy atom. The van der Waals surface area contributed by atoms with Crippen molar-refractivity contribution in [3.05, 3.63) is 64.7 Å². The number of fused-ring (bicyclic) bond motifs is 1. The number of rotatable bonds is 4. The van der Waals surface area contributed by atoms with Gasteiger partial charge in [0.05, 0.1) is 17.7 Å². The number of carbonyl (C=O) groups excluding carboxylic acids is 2. The molecule has 0 aromatic heterocycles. The highest BCUT2D eigenvalue weighted by molar-refractivity contribution is 5.95. The Morgan fingerprint density at radius 3 is 2.66 bits per heavy atom. The number of anilines is 1. The van der Waals surface area contributed by atoms with Crippen LogP contribution < -0.4 is 10.6 Å². The first-order chi connectivity index (χ1) is 14.1. The summed E-state index contributed by atoms with van der Waals surface area (Å²) in [4.78, 5) is 26.5. The van der Waals surface area contributed by atoms with Gasteiger partial charge in [0.1, 0.15) is 0 Å². The molecule has 29 heavy (non-hydrogen) atoms. The van der Waals surface area contributed by atoms with Gasteiger partial charge in [-0.2, -0.15) is 5.26 Å². The van der Waals surface area contributed by atoms with E-state index in [9.17, 15) is 9.59 Å². The monoisotopic (exact) mass is 390 g/mol. The largest absolute Gasteiger partial charge is 0.376 e. The van der Waals surface area contributed by atoms with Crippen LogP contribution in [0.1, 0.15) is 39.9 Å². The second-order valence-corrected chi connectivity index (χ2v) is 7.30. The first-order valence-corrected chi connectivity index (χ1v) is 9.70. The van der Waals surface area contributed by atoms with Crippen molar-refractivity contribution in [1.29, 1.82) is 5.26 Å². The molecule has 2 heterocycles. The summed E-state index contributed by atoms with van der Waals surface area (Å²) in [6.45, 7) is 2.26. The summed E-state index contributed by atoms with van der Waals surface area (Å²) in [5.74, 6) is -0.151. The van der Waals surface area contributed by atoms with E-state index in [0.29, 0.717) is 36.4 Å². The number of urea groups is 1. The van der Waals surface area contributed by atoms with E-state index in [-0.39, 0.29) is 18.0 Å². The van der Waals surface area contributed by atoms with E-state index in [2.05, 4.69) is 16.7 Å². The highest BCUT2D eigenvalue weighted by Crippen LogP contribution is 2.24. The average molecular weight is 390 g/mol. The molecule has 1 saturated heterocycles. The summed E-state index contributed by atoms with van der Waals surface area (Å²) < 4.78 is 5.50. The zero-order valence-electron chi connectivity index (χ0n) is 16.0. The van der Waals surface area contributed by atoms with Gasteiger partial charge in [0, 0.05) is 37.5 Å². The van der Waals surface area contributed by atoms with E-state index >= 15 is 0 Å². The SMILES string of the molecule is N#Cc1ccc2c(c1)CN(C(=O)Nc1ccc(C(=O)NCC3CCCO3)cc1)C2. The van der Waals surface area contributed by atoms with E-state index in [4.69, 9.17) is 10.00 Å². The van der Waals surface area contributed by atoms with Crippen molar-refractivity contribution in [2.24, 2.45) is 0 Å². The van der Waals surface area contributed by atoms with Gasteiger partial charge < -0.3 is 20.3 Å². The van der Waals surface area contributed by atoms with Crippen molar-refractivity contribution in [1.82, 2.24) is 10.2 Å². The van der Waals surface area contributed by atoms with Crippen LogP contribution in [0.4, 0.5) is 10.5 Å². The molecular formula is C22H22N4O3. The van der Waals surface area contributed by atoms with Crippen LogP contribution >= 0.6 is 0 Å². The molecule has 0 aliphatic carbocycles. The van der Waals surface area contributed by atoms with E-state index < -0.39 is 0 Å². The molecule has 2 aromatic carbocycles. The van der Waals surface area contributed by atoms with Gasteiger partial charge >= 0.3 is 6.03 Å². The fourth-order valence-corrected chi connectivity index (χ4v) is 3.63. The number of benzene rings is 2. The van der Waals surface area contributed by atoms with Crippen LogP contribution in [0, 0.1) is 11.3 Å². The Labute approximate surface area is 169 Å². The van der Waals surface area contributed by atoms with Gasteiger partial charge in [0.2, 0.25) is 0 Å². The van der Waals surface area contributed by atoms with Crippen molar-refractivity contribution in [3.63, 3.8) is 0 Å². The molecule has 2 N–H and O–H groups in total. The quantitative estimate of drug-likeness (QED) is 0.839. The molecule has 3 amide bonds. The molecule has 0 radical (unpaired) electrons. The summed E-state index contributed by atoms with van der Waals surface area (Å²) in [6, 6.07) is 14.2. The van der Waals surface area contributed by atoms with Crippen molar-refractivity contribution >= 4 is 17.6 Å². The fraction of sp³-hybridized carbons (Fsp3) is 0.318. The molecule has 2 aliphatic rings. The lowest BCUT2D eigenvalue weighted by Crippen LogP contribution is -2.32. The number of nitriles is 1. The van der Waals surface area contributed by atoms with Crippen LogP contribution in [-0.2, 0) is 17.8 Å². The highest BCUT2D eigenvalue weighted by Gasteiger charge is 2.23. The number of hydrogen-bond acceptors (Lipinski definition) is 4. The number of hydrogen-bond donors (Lipinski definition) is 2. The first-order valence-electron chi connectivity index (χ1n) is 9.70. The lowest BCUT2D eigenvalue weighted by Gasteiger charge is -2.16. The second kappa shape index (κ2) is 8.33. The minimum Gasteiger partial charge on any atom is -0.376 e. The third-order valence-electron chi connectivity index (χ3n) is 5.26. The molecule has 7 nitrogen and oxygen atoms in total. The summed E-state index contributed by atoms with van der Waals surface area (Å²) in [7, 11) is 0. The van der Waals surface area contributed by atoms with Gasteiger partial charge in [-0.25, -0.2) is 4.79 Å². The summed E-state index contributed by atoms with van der Waals surface area (Å²) in [5, 5.41) is 14.8. The third-order valence-corrected chi connectivity index (χ3v) is 5.26. The maximum atomic E-state index is 12.6. The van der Waals surface area contributed by atoms with Crippen molar-refractivity contribution in [2.75, 3.05) is 18.5 Å². The second-order valence-electron chi connectivity index (χ2n) is 7.30. The van der Waals surface area contributed by atoms with Crippen LogP contribution in [0.3, 0.4) is 0 Å². The minimum atomic E-state index is -0.213. The van der Waals surface area contributed by atoms with Crippen LogP contribution in [0.15, 0.2) is 42.5 Å². The molecule has 2 aromatic rings. The number of ether oxygens (including phenoxy) is 1. The van der Waals surface area contributed by atoms with E-state index in [1.165, 1.54) is 0 Å². The van der Waals surface area contributed by atoms with Gasteiger partial charge in [-0.1, -0.05) is 6.07 Å². The molecular weight excluding hydrogens is 368 g/mol. The van der Waals surface area contributed by atoms with Gasteiger partial charge in [-0.3, -0.25) is 4.79 Å². The normalized spacial score (nSPS) is 17.5. The predicted octanol–water partition coefficient (Wildman–Crippen LogP) is 3.01. The summed E-state index contributed by atoms with van der Waals surface area (Å²) >= 11 is 0. The third kappa shape index (κ3) is 4.39. The Morgan fingerprint density at radius 1 is 1.14 bits per heavy atom. The maximum Gasteiger partial charge on any atom is 0.322 e. The molecule has 0 bridgehead atoms. The van der Waals surface area contributed by atoms with Crippen molar-refractivity contribution in [3.8, 4) is 6.07 Å². The first kappa shape index (κ1) is 19.0. The van der Waals surface area contributed by atoms with Crippen molar-refractivity contribution < 1.29 is 14.3 Å². The molecule has 2 aliphatic heterocycles. The molecule has 1 unspecified atom stereocenters. The standard InChI is InChI=1S/C22H22N4O3/c23-11-15-3-4-17-13-26(14-18(17)10-15)22(28)25-19-7-5-16(6-8-19)21(27)24-12-20-2-1-9-29-20/h3-8,10,20H,1-2,9,12-14H2,(H,24,27)(H,25,28). The van der Waals surface area contributed by atoms with Crippen molar-refractivity contribution in [2.45, 2.75) is 32.0 Å². The van der Waals surface area contributed by atoms with Crippen LogP contribution in [0.25, 0.3) is 0 Å². The zero-order valence-corrected chi connectivity index (χ0v) is 16.0. The summed E-state index contributed by atoms with van der Waals surface area (Å²) in [5.41, 5.74) is 3.81. The molecule has 148 valence electrons. The average Bonchev–Trinajstić information content (AvgIpc) is 3.41. The topological polar surface area (TPSA) is 94.5 Å². The van der Waals surface area contributed by atoms with Crippen LogP contribution in [0.2, 0.25) is 0 Å². The smallest absolute Gasteiger partial charge is 0.322 e. The molecule has 4 rings (SSSR count). The van der Waals surface area contributed by atoms with Gasteiger partial charge in [0.25, 0.3) is 5.91 Å². The highest BCUT2D eigenvalue weighted by atomic mass is 16.5. The van der Waals surface area contributed by atoms with E-state index in [1.807, 2.05) is 12.1 Å². The molecule has 7 heteroatoms. The lowest BCUT2D eigenvalue weighted by molar-refractivity contribution is 0.0858. The Kier molecular flexibility index (Phi) is 5.45. The van der Waals surface area contributed by atoms with E-state index in [1.54, 1.807) is 35.2 Å². The number of nitrogens with one attached hydrogen (secondary N) is 2. The van der Waals surface area contributed by atoms with Gasteiger partial charge in [-0.15, -0.1) is 0 Å². The molecule has 0 saturated carbocycles. The number of amides is 3. The Balaban J connectivity index is 1.31.